The van der Waals surface area contributed by atoms with Crippen molar-refractivity contribution in [2.75, 3.05) is 13.1 Å². The zero-order valence-electron chi connectivity index (χ0n) is 17.8. The van der Waals surface area contributed by atoms with Gasteiger partial charge in [-0.3, -0.25) is 9.59 Å². The van der Waals surface area contributed by atoms with Crippen molar-refractivity contribution in [3.63, 3.8) is 0 Å². The van der Waals surface area contributed by atoms with Crippen molar-refractivity contribution in [3.05, 3.63) is 72.6 Å². The second kappa shape index (κ2) is 12.5. The fourth-order valence-corrected chi connectivity index (χ4v) is 4.05. The van der Waals surface area contributed by atoms with Crippen molar-refractivity contribution in [3.8, 4) is 0 Å². The first-order chi connectivity index (χ1) is 16.6. The Labute approximate surface area is 225 Å². The van der Waals surface area contributed by atoms with E-state index < -0.39 is 36.6 Å². The van der Waals surface area contributed by atoms with Gasteiger partial charge in [0.05, 0.1) is 26.5 Å². The van der Waals surface area contributed by atoms with Crippen LogP contribution in [0.4, 0.5) is 26.3 Å². The molecule has 0 bridgehead atoms. The van der Waals surface area contributed by atoms with Gasteiger partial charge in [0.2, 0.25) is 5.91 Å². The van der Waals surface area contributed by atoms with Gasteiger partial charge in [-0.2, -0.15) is 26.3 Å². The van der Waals surface area contributed by atoms with E-state index in [1.54, 1.807) is 5.32 Å². The SMILES string of the molecule is O=C(CCNC(=O)c1ccc(C=CC(c2cc(Cl)c(Cl)c(Cl)c2)C(F)(F)F)cc1Br)NCC(F)(F)F. The molecule has 2 N–H and O–H groups in total. The number of hydrogen-bond acceptors (Lipinski definition) is 2. The predicted octanol–water partition coefficient (Wildman–Crippen LogP) is 7.57. The van der Waals surface area contributed by atoms with E-state index in [-0.39, 0.29) is 43.6 Å². The van der Waals surface area contributed by atoms with Gasteiger partial charge in [-0.25, -0.2) is 0 Å². The topological polar surface area (TPSA) is 58.2 Å². The summed E-state index contributed by atoms with van der Waals surface area (Å²) in [5.41, 5.74) is 0.212. The maximum absolute atomic E-state index is 13.7. The highest BCUT2D eigenvalue weighted by Crippen LogP contribution is 2.41. The first-order valence-electron chi connectivity index (χ1n) is 9.89. The number of benzene rings is 2. The minimum atomic E-state index is -4.67. The van der Waals surface area contributed by atoms with Crippen LogP contribution in [-0.4, -0.2) is 37.3 Å². The number of carbonyl (C=O) groups is 2. The van der Waals surface area contributed by atoms with E-state index in [2.05, 4.69) is 21.2 Å². The van der Waals surface area contributed by atoms with Gasteiger partial charge < -0.3 is 10.6 Å². The molecule has 0 saturated heterocycles. The lowest BCUT2D eigenvalue weighted by Crippen LogP contribution is -2.36. The number of nitrogens with one attached hydrogen (secondary N) is 2. The molecule has 2 aromatic carbocycles. The largest absolute Gasteiger partial charge is 0.405 e. The minimum Gasteiger partial charge on any atom is -0.351 e. The monoisotopic (exact) mass is 638 g/mol. The zero-order valence-corrected chi connectivity index (χ0v) is 21.7. The molecule has 2 amide bonds. The van der Waals surface area contributed by atoms with Gasteiger partial charge >= 0.3 is 12.4 Å². The lowest BCUT2D eigenvalue weighted by atomic mass is 9.97. The number of amides is 2. The van der Waals surface area contributed by atoms with Crippen molar-refractivity contribution >= 4 is 68.6 Å². The van der Waals surface area contributed by atoms with Gasteiger partial charge in [-0.15, -0.1) is 0 Å². The predicted molar refractivity (Wildman–Crippen MR) is 129 cm³/mol. The lowest BCUT2D eigenvalue weighted by Gasteiger charge is -2.18. The highest BCUT2D eigenvalue weighted by atomic mass is 79.9. The van der Waals surface area contributed by atoms with Crippen LogP contribution in [0.3, 0.4) is 0 Å². The molecule has 0 aliphatic rings. The fraction of sp³-hybridized carbons (Fsp3) is 0.273. The second-order valence-corrected chi connectivity index (χ2v) is 9.36. The van der Waals surface area contributed by atoms with Crippen LogP contribution in [0, 0.1) is 0 Å². The summed E-state index contributed by atoms with van der Waals surface area (Å²) in [5.74, 6) is -3.58. The minimum absolute atomic E-state index is 0.0632. The van der Waals surface area contributed by atoms with E-state index >= 15 is 0 Å². The zero-order chi connectivity index (χ0) is 27.3. The number of allylic oxidation sites excluding steroid dienone is 1. The van der Waals surface area contributed by atoms with Crippen LogP contribution in [0.25, 0.3) is 6.08 Å². The van der Waals surface area contributed by atoms with Crippen LogP contribution in [0.2, 0.25) is 15.1 Å². The lowest BCUT2D eigenvalue weighted by molar-refractivity contribution is -0.139. The first-order valence-corrected chi connectivity index (χ1v) is 11.8. The molecule has 0 aromatic heterocycles. The smallest absolute Gasteiger partial charge is 0.351 e. The van der Waals surface area contributed by atoms with Gasteiger partial charge in [-0.1, -0.05) is 53.0 Å². The van der Waals surface area contributed by atoms with E-state index in [1.807, 2.05) is 0 Å². The molecule has 0 saturated carbocycles. The van der Waals surface area contributed by atoms with E-state index in [9.17, 15) is 35.9 Å². The Balaban J connectivity index is 2.09. The Hall–Kier alpha value is -1.95. The van der Waals surface area contributed by atoms with Crippen LogP contribution in [0.5, 0.6) is 0 Å². The summed E-state index contributed by atoms with van der Waals surface area (Å²) in [6.45, 7) is -1.70. The summed E-state index contributed by atoms with van der Waals surface area (Å²) < 4.78 is 77.6. The number of halogens is 10. The maximum atomic E-state index is 13.7. The van der Waals surface area contributed by atoms with Gasteiger partial charge in [0.25, 0.3) is 5.91 Å². The highest BCUT2D eigenvalue weighted by molar-refractivity contribution is 9.10. The van der Waals surface area contributed by atoms with Crippen molar-refractivity contribution in [2.45, 2.75) is 24.7 Å². The molecule has 0 spiro atoms. The molecule has 1 unspecified atom stereocenters. The Kier molecular flexibility index (Phi) is 10.5. The van der Waals surface area contributed by atoms with E-state index in [0.29, 0.717) is 5.56 Å². The van der Waals surface area contributed by atoms with Crippen molar-refractivity contribution in [2.24, 2.45) is 0 Å². The normalized spacial score (nSPS) is 13.1. The van der Waals surface area contributed by atoms with E-state index in [0.717, 1.165) is 18.2 Å². The average Bonchev–Trinajstić information content (AvgIpc) is 2.74. The summed E-state index contributed by atoms with van der Waals surface area (Å²) >= 11 is 20.7. The number of rotatable bonds is 8. The molecule has 2 aromatic rings. The summed E-state index contributed by atoms with van der Waals surface area (Å²) in [4.78, 5) is 23.7. The number of hydrogen-bond donors (Lipinski definition) is 2. The molecule has 14 heteroatoms. The summed E-state index contributed by atoms with van der Waals surface area (Å²) in [6, 6.07) is 6.27. The molecule has 36 heavy (non-hydrogen) atoms. The molecular weight excluding hydrogens is 625 g/mol. The Morgan fingerprint density at radius 2 is 1.58 bits per heavy atom. The quantitative estimate of drug-likeness (QED) is 0.231. The number of carbonyl (C=O) groups excluding carboxylic acids is 2. The van der Waals surface area contributed by atoms with Crippen molar-refractivity contribution in [1.82, 2.24) is 10.6 Å². The Morgan fingerprint density at radius 3 is 2.11 bits per heavy atom. The highest BCUT2D eigenvalue weighted by Gasteiger charge is 2.39. The van der Waals surface area contributed by atoms with Crippen molar-refractivity contribution in [1.29, 1.82) is 0 Å². The van der Waals surface area contributed by atoms with Crippen LogP contribution < -0.4 is 10.6 Å². The molecule has 4 nitrogen and oxygen atoms in total. The van der Waals surface area contributed by atoms with Gasteiger partial charge in [0, 0.05) is 17.4 Å². The number of alkyl halides is 6. The Morgan fingerprint density at radius 1 is 0.972 bits per heavy atom. The molecule has 1 atom stereocenters. The molecular formula is C22H16BrCl3F6N2O2. The standard InChI is InChI=1S/C22H16BrCl3F6N2O2/c23-15-7-11(1-3-13(15)20(36)33-6-5-18(35)34-10-21(27,28)29)2-4-14(22(30,31)32)12-8-16(24)19(26)17(25)9-12/h1-4,7-9,14H,5-6,10H2,(H,33,36)(H,34,35). The molecule has 0 heterocycles. The Bertz CT molecular complexity index is 1130. The second-order valence-electron chi connectivity index (χ2n) is 7.31. The summed E-state index contributed by atoms with van der Waals surface area (Å²) in [6.07, 6.45) is -7.49. The molecule has 0 radical (unpaired) electrons. The molecule has 0 aliphatic heterocycles. The molecule has 196 valence electrons. The first kappa shape index (κ1) is 30.3. The molecule has 0 aliphatic carbocycles. The molecule has 0 fully saturated rings. The fourth-order valence-electron chi connectivity index (χ4n) is 2.86. The van der Waals surface area contributed by atoms with Crippen LogP contribution >= 0.6 is 50.7 Å². The summed E-state index contributed by atoms with van der Waals surface area (Å²) in [5, 5.41) is 3.74. The molecule has 2 rings (SSSR count). The van der Waals surface area contributed by atoms with Gasteiger partial charge in [0.15, 0.2) is 0 Å². The van der Waals surface area contributed by atoms with E-state index in [4.69, 9.17) is 34.8 Å². The summed E-state index contributed by atoms with van der Waals surface area (Å²) in [7, 11) is 0. The van der Waals surface area contributed by atoms with Crippen LogP contribution in [0.15, 0.2) is 40.9 Å². The third-order valence-corrected chi connectivity index (χ3v) is 6.41. The van der Waals surface area contributed by atoms with Crippen LogP contribution in [-0.2, 0) is 4.79 Å². The van der Waals surface area contributed by atoms with Crippen molar-refractivity contribution < 1.29 is 35.9 Å². The van der Waals surface area contributed by atoms with Gasteiger partial charge in [-0.05, 0) is 51.3 Å². The van der Waals surface area contributed by atoms with E-state index in [1.165, 1.54) is 24.3 Å². The van der Waals surface area contributed by atoms with Gasteiger partial charge in [0.1, 0.15) is 6.54 Å². The third kappa shape index (κ3) is 9.17. The average molecular weight is 641 g/mol. The maximum Gasteiger partial charge on any atom is 0.405 e. The third-order valence-electron chi connectivity index (χ3n) is 4.56. The van der Waals surface area contributed by atoms with Crippen LogP contribution in [0.1, 0.15) is 33.8 Å².